The van der Waals surface area contributed by atoms with E-state index in [2.05, 4.69) is 0 Å². The van der Waals surface area contributed by atoms with E-state index in [1.807, 2.05) is 19.1 Å². The number of rotatable bonds is 6. The molecule has 0 amide bonds. The zero-order valence-electron chi connectivity index (χ0n) is 7.80. The number of Topliss-reactive ketones (excluding diaryl/α,β-unsaturated/α-hetero) is 2. The molecule has 0 radical (unpaired) electrons. The van der Waals surface area contributed by atoms with Crippen molar-refractivity contribution in [2.45, 2.75) is 39.5 Å². The van der Waals surface area contributed by atoms with Crippen LogP contribution in [0, 0.1) is 0 Å². The molecule has 0 saturated heterocycles. The van der Waals surface area contributed by atoms with Gasteiger partial charge in [0.15, 0.2) is 0 Å². The van der Waals surface area contributed by atoms with E-state index in [0.717, 1.165) is 12.8 Å². The molecule has 0 unspecified atom stereocenters. The van der Waals surface area contributed by atoms with Crippen LogP contribution in [0.1, 0.15) is 39.5 Å². The van der Waals surface area contributed by atoms with E-state index in [-0.39, 0.29) is 18.0 Å². The summed E-state index contributed by atoms with van der Waals surface area (Å²) in [6, 6.07) is 0. The van der Waals surface area contributed by atoms with Gasteiger partial charge in [-0.3, -0.25) is 9.59 Å². The third kappa shape index (κ3) is 7.19. The quantitative estimate of drug-likeness (QED) is 0.450. The van der Waals surface area contributed by atoms with Crippen molar-refractivity contribution >= 4 is 11.6 Å². The zero-order valence-corrected chi connectivity index (χ0v) is 7.80. The molecule has 12 heavy (non-hydrogen) atoms. The molecule has 0 aromatic heterocycles. The lowest BCUT2D eigenvalue weighted by molar-refractivity contribution is -0.125. The van der Waals surface area contributed by atoms with Gasteiger partial charge in [0.25, 0.3) is 0 Å². The molecule has 0 aliphatic carbocycles. The van der Waals surface area contributed by atoms with Crippen molar-refractivity contribution in [1.29, 1.82) is 0 Å². The molecule has 0 aromatic rings. The van der Waals surface area contributed by atoms with Gasteiger partial charge in [-0.25, -0.2) is 0 Å². The van der Waals surface area contributed by atoms with Gasteiger partial charge in [-0.1, -0.05) is 19.1 Å². The van der Waals surface area contributed by atoms with Crippen molar-refractivity contribution < 1.29 is 9.59 Å². The number of carbonyl (C=O) groups is 2. The van der Waals surface area contributed by atoms with E-state index >= 15 is 0 Å². The summed E-state index contributed by atoms with van der Waals surface area (Å²) in [5.41, 5.74) is 0. The van der Waals surface area contributed by atoms with Crippen LogP contribution in [0.5, 0.6) is 0 Å². The summed E-state index contributed by atoms with van der Waals surface area (Å²) in [4.78, 5) is 21.5. The Bertz CT molecular complexity index is 180. The average molecular weight is 168 g/mol. The molecular formula is C10H16O2. The van der Waals surface area contributed by atoms with E-state index in [1.165, 1.54) is 6.92 Å². The van der Waals surface area contributed by atoms with Crippen molar-refractivity contribution in [3.63, 3.8) is 0 Å². The first kappa shape index (κ1) is 11.1. The molecule has 68 valence electrons. The van der Waals surface area contributed by atoms with Gasteiger partial charge in [-0.15, -0.1) is 0 Å². The van der Waals surface area contributed by atoms with Crippen molar-refractivity contribution in [1.82, 2.24) is 0 Å². The summed E-state index contributed by atoms with van der Waals surface area (Å²) < 4.78 is 0. The fraction of sp³-hybridized carbons (Fsp3) is 0.600. The molecule has 0 rings (SSSR count). The summed E-state index contributed by atoms with van der Waals surface area (Å²) in [5.74, 6) is 0.00252. The van der Waals surface area contributed by atoms with Crippen LogP contribution in [0.3, 0.4) is 0 Å². The van der Waals surface area contributed by atoms with Crippen LogP contribution >= 0.6 is 0 Å². The molecule has 2 nitrogen and oxygen atoms in total. The molecule has 0 aliphatic heterocycles. The molecule has 0 atom stereocenters. The SMILES string of the molecule is CC/C=C\CCC(=O)CC(C)=O. The average Bonchev–Trinajstić information content (AvgIpc) is 1.97. The number of ketones is 2. The maximum atomic E-state index is 11.0. The van der Waals surface area contributed by atoms with Crippen molar-refractivity contribution in [3.05, 3.63) is 12.2 Å². The molecule has 0 fully saturated rings. The Morgan fingerprint density at radius 1 is 1.25 bits per heavy atom. The third-order valence-corrected chi connectivity index (χ3v) is 1.44. The highest BCUT2D eigenvalue weighted by Gasteiger charge is 2.02. The Morgan fingerprint density at radius 2 is 1.92 bits per heavy atom. The maximum Gasteiger partial charge on any atom is 0.140 e. The Kier molecular flexibility index (Phi) is 6.25. The number of carbonyl (C=O) groups excluding carboxylic acids is 2. The van der Waals surface area contributed by atoms with Gasteiger partial charge < -0.3 is 0 Å². The van der Waals surface area contributed by atoms with Gasteiger partial charge in [0, 0.05) is 6.42 Å². The second-order valence-electron chi connectivity index (χ2n) is 2.84. The topological polar surface area (TPSA) is 34.1 Å². The molecule has 0 aliphatic rings. The first-order valence-electron chi connectivity index (χ1n) is 4.33. The van der Waals surface area contributed by atoms with Gasteiger partial charge in [0.1, 0.15) is 11.6 Å². The predicted octanol–water partition coefficient (Wildman–Crippen LogP) is 2.28. The number of hydrogen-bond acceptors (Lipinski definition) is 2. The highest BCUT2D eigenvalue weighted by Crippen LogP contribution is 1.97. The van der Waals surface area contributed by atoms with Crippen LogP contribution in [-0.4, -0.2) is 11.6 Å². The highest BCUT2D eigenvalue weighted by molar-refractivity contribution is 5.97. The van der Waals surface area contributed by atoms with Crippen molar-refractivity contribution in [3.8, 4) is 0 Å². The van der Waals surface area contributed by atoms with Crippen molar-refractivity contribution in [2.24, 2.45) is 0 Å². The minimum Gasteiger partial charge on any atom is -0.300 e. The molecule has 0 spiro atoms. The summed E-state index contributed by atoms with van der Waals surface area (Å²) >= 11 is 0. The lowest BCUT2D eigenvalue weighted by atomic mass is 10.1. The normalized spacial score (nSPS) is 10.5. The van der Waals surface area contributed by atoms with Crippen LogP contribution < -0.4 is 0 Å². The number of allylic oxidation sites excluding steroid dienone is 2. The molecular weight excluding hydrogens is 152 g/mol. The van der Waals surface area contributed by atoms with Crippen molar-refractivity contribution in [2.75, 3.05) is 0 Å². The summed E-state index contributed by atoms with van der Waals surface area (Å²) in [6.45, 7) is 3.49. The maximum absolute atomic E-state index is 11.0. The fourth-order valence-electron chi connectivity index (χ4n) is 0.895. The summed E-state index contributed by atoms with van der Waals surface area (Å²) in [6.07, 6.45) is 6.37. The Hall–Kier alpha value is -0.920. The molecule has 0 aromatic carbocycles. The van der Waals surface area contributed by atoms with Crippen LogP contribution in [0.4, 0.5) is 0 Å². The highest BCUT2D eigenvalue weighted by atomic mass is 16.1. The van der Waals surface area contributed by atoms with Crippen LogP contribution in [0.25, 0.3) is 0 Å². The fourth-order valence-corrected chi connectivity index (χ4v) is 0.895. The van der Waals surface area contributed by atoms with Crippen LogP contribution in [0.15, 0.2) is 12.2 Å². The molecule has 0 N–H and O–H groups in total. The Balaban J connectivity index is 3.44. The van der Waals surface area contributed by atoms with E-state index in [9.17, 15) is 9.59 Å². The number of hydrogen-bond donors (Lipinski definition) is 0. The Morgan fingerprint density at radius 3 is 2.42 bits per heavy atom. The lowest BCUT2D eigenvalue weighted by Crippen LogP contribution is -2.03. The first-order valence-corrected chi connectivity index (χ1v) is 4.33. The second-order valence-corrected chi connectivity index (χ2v) is 2.84. The minimum atomic E-state index is -0.0422. The monoisotopic (exact) mass is 168 g/mol. The van der Waals surface area contributed by atoms with E-state index < -0.39 is 0 Å². The Labute approximate surface area is 73.7 Å². The van der Waals surface area contributed by atoms with Gasteiger partial charge in [0.05, 0.1) is 6.42 Å². The van der Waals surface area contributed by atoms with Gasteiger partial charge in [-0.2, -0.15) is 0 Å². The lowest BCUT2D eigenvalue weighted by Gasteiger charge is -1.93. The summed E-state index contributed by atoms with van der Waals surface area (Å²) in [5, 5.41) is 0. The minimum absolute atomic E-state index is 0.0422. The standard InChI is InChI=1S/C10H16O2/c1-3-4-5-6-7-10(12)8-9(2)11/h4-5H,3,6-8H2,1-2H3/b5-4-. The van der Waals surface area contributed by atoms with E-state index in [1.54, 1.807) is 0 Å². The third-order valence-electron chi connectivity index (χ3n) is 1.44. The zero-order chi connectivity index (χ0) is 9.40. The second kappa shape index (κ2) is 6.77. The molecule has 0 bridgehead atoms. The van der Waals surface area contributed by atoms with Crippen LogP contribution in [0.2, 0.25) is 0 Å². The van der Waals surface area contributed by atoms with Gasteiger partial charge >= 0.3 is 0 Å². The van der Waals surface area contributed by atoms with E-state index in [4.69, 9.17) is 0 Å². The predicted molar refractivity (Wildman–Crippen MR) is 49.0 cm³/mol. The summed E-state index contributed by atoms with van der Waals surface area (Å²) in [7, 11) is 0. The first-order chi connectivity index (χ1) is 5.66. The largest absolute Gasteiger partial charge is 0.300 e. The van der Waals surface area contributed by atoms with Gasteiger partial charge in [0.2, 0.25) is 0 Å². The molecule has 2 heteroatoms. The van der Waals surface area contributed by atoms with Crippen LogP contribution in [-0.2, 0) is 9.59 Å². The van der Waals surface area contributed by atoms with E-state index in [0.29, 0.717) is 6.42 Å². The van der Waals surface area contributed by atoms with Gasteiger partial charge in [-0.05, 0) is 19.8 Å². The molecule has 0 heterocycles. The smallest absolute Gasteiger partial charge is 0.140 e. The molecule has 0 saturated carbocycles.